The van der Waals surface area contributed by atoms with Crippen LogP contribution in [0, 0.1) is 0 Å². The van der Waals surface area contributed by atoms with Gasteiger partial charge in [0.2, 0.25) is 0 Å². The van der Waals surface area contributed by atoms with E-state index in [0.29, 0.717) is 38.8 Å². The number of ether oxygens (including phenoxy) is 1. The van der Waals surface area contributed by atoms with Gasteiger partial charge in [-0.15, -0.1) is 0 Å². The Balaban J connectivity index is 1.21. The minimum absolute atomic E-state index is 0.124. The highest BCUT2D eigenvalue weighted by atomic mass is 32.1. The Kier molecular flexibility index (Phi) is 6.34. The smallest absolute Gasteiger partial charge is 0.298 e. The van der Waals surface area contributed by atoms with E-state index in [4.69, 9.17) is 4.74 Å². The lowest BCUT2D eigenvalue weighted by Gasteiger charge is -2.40. The molecule has 0 saturated carbocycles. The zero-order valence-electron chi connectivity index (χ0n) is 19.0. The molecule has 0 bridgehead atoms. The molecule has 0 unspecified atom stereocenters. The SMILES string of the molecule is CCOc1nc2cccnc2n1C1CCN(C(=O)C2(F)CCN(Cc3ccsc3)CC2)CC1. The van der Waals surface area contributed by atoms with Gasteiger partial charge in [0.1, 0.15) is 5.52 Å². The fraction of sp³-hybridized carbons (Fsp3) is 0.542. The highest BCUT2D eigenvalue weighted by Gasteiger charge is 2.45. The lowest BCUT2D eigenvalue weighted by Crippen LogP contribution is -2.53. The molecule has 0 N–H and O–H groups in total. The van der Waals surface area contributed by atoms with Crippen LogP contribution in [0.2, 0.25) is 0 Å². The van der Waals surface area contributed by atoms with Gasteiger partial charge in [-0.05, 0) is 54.3 Å². The second-order valence-electron chi connectivity index (χ2n) is 8.94. The van der Waals surface area contributed by atoms with Crippen LogP contribution in [0.25, 0.3) is 11.2 Å². The molecule has 5 rings (SSSR count). The van der Waals surface area contributed by atoms with Crippen molar-refractivity contribution in [2.45, 2.75) is 50.9 Å². The number of carbonyl (C=O) groups is 1. The second-order valence-corrected chi connectivity index (χ2v) is 9.72. The van der Waals surface area contributed by atoms with Crippen LogP contribution in [0.5, 0.6) is 6.01 Å². The highest BCUT2D eigenvalue weighted by Crippen LogP contribution is 2.34. The molecule has 1 amide bonds. The van der Waals surface area contributed by atoms with Crippen LogP contribution >= 0.6 is 11.3 Å². The van der Waals surface area contributed by atoms with Gasteiger partial charge in [0.05, 0.1) is 6.61 Å². The van der Waals surface area contributed by atoms with Crippen LogP contribution in [0.4, 0.5) is 4.39 Å². The molecule has 2 aliphatic heterocycles. The van der Waals surface area contributed by atoms with Crippen molar-refractivity contribution in [3.63, 3.8) is 0 Å². The summed E-state index contributed by atoms with van der Waals surface area (Å²) in [5.41, 5.74) is 1.10. The highest BCUT2D eigenvalue weighted by molar-refractivity contribution is 7.07. The molecule has 7 nitrogen and oxygen atoms in total. The van der Waals surface area contributed by atoms with E-state index >= 15 is 4.39 Å². The largest absolute Gasteiger partial charge is 0.465 e. The van der Waals surface area contributed by atoms with E-state index in [9.17, 15) is 4.79 Å². The van der Waals surface area contributed by atoms with Crippen LogP contribution in [-0.2, 0) is 11.3 Å². The third-order valence-corrected chi connectivity index (χ3v) is 7.56. The number of fused-ring (bicyclic) bond motifs is 1. The van der Waals surface area contributed by atoms with Crippen LogP contribution in [0.3, 0.4) is 0 Å². The van der Waals surface area contributed by atoms with Gasteiger partial charge < -0.3 is 9.64 Å². The fourth-order valence-corrected chi connectivity index (χ4v) is 5.66. The number of halogens is 1. The number of amides is 1. The topological polar surface area (TPSA) is 63.5 Å². The van der Waals surface area contributed by atoms with Crippen molar-refractivity contribution in [1.29, 1.82) is 0 Å². The molecule has 0 atom stereocenters. The second kappa shape index (κ2) is 9.38. The fourth-order valence-electron chi connectivity index (χ4n) is 5.00. The molecule has 2 saturated heterocycles. The van der Waals surface area contributed by atoms with Crippen molar-refractivity contribution >= 4 is 28.4 Å². The predicted molar refractivity (Wildman–Crippen MR) is 126 cm³/mol. The van der Waals surface area contributed by atoms with E-state index in [2.05, 4.69) is 36.3 Å². The van der Waals surface area contributed by atoms with E-state index < -0.39 is 5.67 Å². The van der Waals surface area contributed by atoms with Crippen molar-refractivity contribution < 1.29 is 13.9 Å². The number of aromatic nitrogens is 3. The van der Waals surface area contributed by atoms with Crippen LogP contribution in [0.15, 0.2) is 35.2 Å². The van der Waals surface area contributed by atoms with Gasteiger partial charge in [-0.25, -0.2) is 9.37 Å². The summed E-state index contributed by atoms with van der Waals surface area (Å²) in [5, 5.41) is 4.19. The van der Waals surface area contributed by atoms with Crippen molar-refractivity contribution in [1.82, 2.24) is 24.3 Å². The quantitative estimate of drug-likeness (QED) is 0.543. The molecule has 0 aliphatic carbocycles. The van der Waals surface area contributed by atoms with E-state index in [1.807, 2.05) is 19.1 Å². The Bertz CT molecular complexity index is 1090. The predicted octanol–water partition coefficient (Wildman–Crippen LogP) is 4.06. The molecular formula is C24H30FN5O2S. The number of thiophene rings is 1. The van der Waals surface area contributed by atoms with E-state index in [0.717, 1.165) is 30.6 Å². The van der Waals surface area contributed by atoms with Gasteiger partial charge in [0.25, 0.3) is 11.9 Å². The lowest BCUT2D eigenvalue weighted by molar-refractivity contribution is -0.148. The average Bonchev–Trinajstić information content (AvgIpc) is 3.48. The maximum absolute atomic E-state index is 15.7. The number of hydrogen-bond acceptors (Lipinski definition) is 6. The minimum atomic E-state index is -1.75. The van der Waals surface area contributed by atoms with Crippen molar-refractivity contribution in [3.05, 3.63) is 40.7 Å². The maximum atomic E-state index is 15.7. The van der Waals surface area contributed by atoms with Crippen molar-refractivity contribution in [3.8, 4) is 6.01 Å². The summed E-state index contributed by atoms with van der Waals surface area (Å²) >= 11 is 1.68. The standard InChI is InChI=1S/C24H30FN5O2S/c1-2-32-23-27-20-4-3-10-26-21(20)30(23)19-5-11-29(12-6-19)22(31)24(25)8-13-28(14-9-24)16-18-7-15-33-17-18/h3-4,7,10,15,17,19H,2,5-6,8-9,11-14,16H2,1H3. The molecule has 176 valence electrons. The van der Waals surface area contributed by atoms with Crippen LogP contribution in [-0.4, -0.2) is 68.7 Å². The zero-order valence-corrected chi connectivity index (χ0v) is 19.8. The maximum Gasteiger partial charge on any atom is 0.298 e. The number of likely N-dealkylation sites (tertiary alicyclic amines) is 2. The molecule has 2 fully saturated rings. The van der Waals surface area contributed by atoms with Crippen LogP contribution < -0.4 is 4.74 Å². The molecule has 0 aromatic carbocycles. The summed E-state index contributed by atoms with van der Waals surface area (Å²) in [6.07, 6.45) is 3.75. The molecule has 3 aromatic rings. The number of rotatable bonds is 6. The number of piperidine rings is 2. The summed E-state index contributed by atoms with van der Waals surface area (Å²) in [5.74, 6) is -0.338. The summed E-state index contributed by atoms with van der Waals surface area (Å²) < 4.78 is 23.5. The van der Waals surface area contributed by atoms with Crippen LogP contribution in [0.1, 0.15) is 44.2 Å². The van der Waals surface area contributed by atoms with Gasteiger partial charge in [0.15, 0.2) is 11.3 Å². The lowest BCUT2D eigenvalue weighted by atomic mass is 9.90. The summed E-state index contributed by atoms with van der Waals surface area (Å²) in [4.78, 5) is 26.2. The first-order valence-corrected chi connectivity index (χ1v) is 12.7. The van der Waals surface area contributed by atoms with Gasteiger partial charge >= 0.3 is 0 Å². The molecule has 3 aromatic heterocycles. The minimum Gasteiger partial charge on any atom is -0.465 e. The molecular weight excluding hydrogens is 441 g/mol. The third kappa shape index (κ3) is 4.48. The van der Waals surface area contributed by atoms with E-state index in [1.54, 1.807) is 22.4 Å². The molecule has 2 aliphatic rings. The number of nitrogens with zero attached hydrogens (tertiary/aromatic N) is 5. The molecule has 9 heteroatoms. The Morgan fingerprint density at radius 3 is 2.73 bits per heavy atom. The molecule has 0 spiro atoms. The number of carbonyl (C=O) groups excluding carboxylic acids is 1. The summed E-state index contributed by atoms with van der Waals surface area (Å²) in [7, 11) is 0. The summed E-state index contributed by atoms with van der Waals surface area (Å²) in [6, 6.07) is 6.59. The number of pyridine rings is 1. The number of alkyl halides is 1. The van der Waals surface area contributed by atoms with Gasteiger partial charge in [0, 0.05) is 57.8 Å². The Morgan fingerprint density at radius 2 is 2.03 bits per heavy atom. The Morgan fingerprint density at radius 1 is 1.24 bits per heavy atom. The van der Waals surface area contributed by atoms with E-state index in [1.165, 1.54) is 5.56 Å². The van der Waals surface area contributed by atoms with E-state index in [-0.39, 0.29) is 24.8 Å². The first-order valence-electron chi connectivity index (χ1n) is 11.7. The average molecular weight is 472 g/mol. The first-order chi connectivity index (χ1) is 16.1. The zero-order chi connectivity index (χ0) is 22.8. The third-order valence-electron chi connectivity index (χ3n) is 6.82. The molecule has 33 heavy (non-hydrogen) atoms. The Labute approximate surface area is 197 Å². The van der Waals surface area contributed by atoms with Crippen molar-refractivity contribution in [2.75, 3.05) is 32.8 Å². The van der Waals surface area contributed by atoms with Gasteiger partial charge in [-0.3, -0.25) is 14.3 Å². The normalized spacial score (nSPS) is 19.8. The number of hydrogen-bond donors (Lipinski definition) is 0. The van der Waals surface area contributed by atoms with Crippen molar-refractivity contribution in [2.24, 2.45) is 0 Å². The Hall–Kier alpha value is -2.52. The molecule has 0 radical (unpaired) electrons. The number of imidazole rings is 1. The molecule has 5 heterocycles. The first kappa shape index (κ1) is 22.3. The van der Waals surface area contributed by atoms with Gasteiger partial charge in [-0.2, -0.15) is 16.3 Å². The monoisotopic (exact) mass is 471 g/mol. The van der Waals surface area contributed by atoms with Gasteiger partial charge in [-0.1, -0.05) is 0 Å². The summed E-state index contributed by atoms with van der Waals surface area (Å²) in [6.45, 7) is 5.57.